The van der Waals surface area contributed by atoms with E-state index in [1.54, 1.807) is 0 Å². The zero-order valence-electron chi connectivity index (χ0n) is 11.4. The third-order valence-electron chi connectivity index (χ3n) is 4.16. The number of rotatable bonds is 4. The molecular weight excluding hydrogens is 242 g/mol. The maximum absolute atomic E-state index is 12.0. The number of aliphatic carboxylic acids is 1. The average Bonchev–Trinajstić information content (AvgIpc) is 2.40. The topological polar surface area (TPSA) is 66.4 Å². The minimum Gasteiger partial charge on any atom is -0.481 e. The van der Waals surface area contributed by atoms with Crippen molar-refractivity contribution in [2.24, 2.45) is 5.92 Å². The maximum Gasteiger partial charge on any atom is 0.306 e. The molecule has 19 heavy (non-hydrogen) atoms. The summed E-state index contributed by atoms with van der Waals surface area (Å²) in [7, 11) is 0. The lowest BCUT2D eigenvalue weighted by molar-refractivity contribution is -0.143. The van der Waals surface area contributed by atoms with Gasteiger partial charge < -0.3 is 10.4 Å². The van der Waals surface area contributed by atoms with Crippen LogP contribution in [0, 0.1) is 5.92 Å². The van der Waals surface area contributed by atoms with E-state index >= 15 is 0 Å². The largest absolute Gasteiger partial charge is 0.481 e. The number of nitrogens with one attached hydrogen (secondary N) is 1. The van der Waals surface area contributed by atoms with Crippen LogP contribution in [0.25, 0.3) is 0 Å². The fourth-order valence-electron chi connectivity index (χ4n) is 3.10. The number of carbonyl (C=O) groups excluding carboxylic acids is 1. The summed E-state index contributed by atoms with van der Waals surface area (Å²) in [5.74, 6) is -0.953. The van der Waals surface area contributed by atoms with Gasteiger partial charge in [0.2, 0.25) is 5.91 Å². The van der Waals surface area contributed by atoms with Crippen LogP contribution in [0.4, 0.5) is 0 Å². The van der Waals surface area contributed by atoms with Crippen molar-refractivity contribution in [3.8, 4) is 0 Å². The van der Waals surface area contributed by atoms with Gasteiger partial charge in [0, 0.05) is 12.5 Å². The van der Waals surface area contributed by atoms with Gasteiger partial charge >= 0.3 is 5.97 Å². The molecule has 1 fully saturated rings. The minimum atomic E-state index is -0.728. The highest BCUT2D eigenvalue weighted by molar-refractivity contribution is 5.79. The molecule has 0 aromatic heterocycles. The molecule has 2 N–H and O–H groups in total. The van der Waals surface area contributed by atoms with E-state index in [-0.39, 0.29) is 17.9 Å². The second kappa shape index (κ2) is 6.73. The fraction of sp³-hybridized carbons (Fsp3) is 0.733. The highest BCUT2D eigenvalue weighted by atomic mass is 16.4. The van der Waals surface area contributed by atoms with E-state index in [9.17, 15) is 9.59 Å². The van der Waals surface area contributed by atoms with E-state index in [1.165, 1.54) is 18.4 Å². The summed E-state index contributed by atoms with van der Waals surface area (Å²) in [4.78, 5) is 22.9. The van der Waals surface area contributed by atoms with Crippen molar-refractivity contribution in [2.45, 2.75) is 63.8 Å². The van der Waals surface area contributed by atoms with Crippen LogP contribution in [-0.2, 0) is 9.59 Å². The SMILES string of the molecule is O=C(CC1=CCCCC1)NC1CCCC(C(=O)O)C1. The molecule has 4 heteroatoms. The molecule has 1 amide bonds. The number of carboxylic acids is 1. The van der Waals surface area contributed by atoms with Crippen LogP contribution >= 0.6 is 0 Å². The zero-order valence-corrected chi connectivity index (χ0v) is 11.4. The lowest BCUT2D eigenvalue weighted by atomic mass is 9.85. The van der Waals surface area contributed by atoms with Crippen molar-refractivity contribution in [2.75, 3.05) is 0 Å². The minimum absolute atomic E-state index is 0.0477. The molecule has 0 heterocycles. The first kappa shape index (κ1) is 14.1. The molecule has 106 valence electrons. The van der Waals surface area contributed by atoms with Crippen LogP contribution < -0.4 is 5.32 Å². The van der Waals surface area contributed by atoms with E-state index in [1.807, 2.05) is 0 Å². The monoisotopic (exact) mass is 265 g/mol. The van der Waals surface area contributed by atoms with E-state index in [4.69, 9.17) is 5.11 Å². The molecular formula is C15H23NO3. The van der Waals surface area contributed by atoms with Crippen molar-refractivity contribution in [1.29, 1.82) is 0 Å². The summed E-state index contributed by atoms with van der Waals surface area (Å²) in [5.41, 5.74) is 1.24. The zero-order chi connectivity index (χ0) is 13.7. The lowest BCUT2D eigenvalue weighted by Gasteiger charge is -2.27. The number of carboxylic acid groups (broad SMARTS) is 1. The molecule has 0 bridgehead atoms. The van der Waals surface area contributed by atoms with E-state index in [0.717, 1.165) is 32.1 Å². The smallest absolute Gasteiger partial charge is 0.306 e. The summed E-state index contributed by atoms with van der Waals surface area (Å²) in [6.07, 6.45) is 10.4. The fourth-order valence-corrected chi connectivity index (χ4v) is 3.10. The molecule has 2 unspecified atom stereocenters. The average molecular weight is 265 g/mol. The Morgan fingerprint density at radius 2 is 2.11 bits per heavy atom. The van der Waals surface area contributed by atoms with Gasteiger partial charge in [-0.15, -0.1) is 0 Å². The molecule has 0 radical (unpaired) electrons. The second-order valence-corrected chi connectivity index (χ2v) is 5.75. The summed E-state index contributed by atoms with van der Waals surface area (Å²) in [5, 5.41) is 12.0. The standard InChI is InChI=1S/C15H23NO3/c17-14(9-11-5-2-1-3-6-11)16-13-8-4-7-12(10-13)15(18)19/h5,12-13H,1-4,6-10H2,(H,16,17)(H,18,19). The predicted molar refractivity (Wildman–Crippen MR) is 72.7 cm³/mol. The van der Waals surface area contributed by atoms with Gasteiger partial charge in [-0.2, -0.15) is 0 Å². The van der Waals surface area contributed by atoms with Crippen molar-refractivity contribution < 1.29 is 14.7 Å². The third-order valence-corrected chi connectivity index (χ3v) is 4.16. The Morgan fingerprint density at radius 3 is 2.79 bits per heavy atom. The third kappa shape index (κ3) is 4.37. The van der Waals surface area contributed by atoms with Crippen LogP contribution in [0.2, 0.25) is 0 Å². The molecule has 2 aliphatic rings. The Kier molecular flexibility index (Phi) is 5.00. The van der Waals surface area contributed by atoms with Gasteiger partial charge in [0.1, 0.15) is 0 Å². The highest BCUT2D eigenvalue weighted by Gasteiger charge is 2.27. The Morgan fingerprint density at radius 1 is 1.26 bits per heavy atom. The summed E-state index contributed by atoms with van der Waals surface area (Å²) >= 11 is 0. The van der Waals surface area contributed by atoms with Crippen molar-refractivity contribution >= 4 is 11.9 Å². The van der Waals surface area contributed by atoms with Crippen LogP contribution in [-0.4, -0.2) is 23.0 Å². The molecule has 2 atom stereocenters. The Hall–Kier alpha value is -1.32. The van der Waals surface area contributed by atoms with Gasteiger partial charge in [-0.1, -0.05) is 18.1 Å². The van der Waals surface area contributed by atoms with Crippen LogP contribution in [0.3, 0.4) is 0 Å². The van der Waals surface area contributed by atoms with Crippen LogP contribution in [0.5, 0.6) is 0 Å². The summed E-state index contributed by atoms with van der Waals surface area (Å²) in [6.45, 7) is 0. The number of amides is 1. The highest BCUT2D eigenvalue weighted by Crippen LogP contribution is 2.25. The van der Waals surface area contributed by atoms with Crippen LogP contribution in [0.1, 0.15) is 57.8 Å². The van der Waals surface area contributed by atoms with Crippen LogP contribution in [0.15, 0.2) is 11.6 Å². The Balaban J connectivity index is 1.78. The molecule has 1 saturated carbocycles. The summed E-state index contributed by atoms with van der Waals surface area (Å²) in [6, 6.07) is 0.0477. The Labute approximate surface area is 114 Å². The first-order valence-electron chi connectivity index (χ1n) is 7.35. The molecule has 4 nitrogen and oxygen atoms in total. The van der Waals surface area contributed by atoms with Crippen molar-refractivity contribution in [1.82, 2.24) is 5.32 Å². The second-order valence-electron chi connectivity index (χ2n) is 5.75. The van der Waals surface area contributed by atoms with Gasteiger partial charge in [0.15, 0.2) is 0 Å². The van der Waals surface area contributed by atoms with Gasteiger partial charge in [-0.3, -0.25) is 9.59 Å². The maximum atomic E-state index is 12.0. The first-order valence-corrected chi connectivity index (χ1v) is 7.35. The predicted octanol–water partition coefficient (Wildman–Crippen LogP) is 2.64. The number of allylic oxidation sites excluding steroid dienone is 1. The van der Waals surface area contributed by atoms with Crippen molar-refractivity contribution in [3.05, 3.63) is 11.6 Å². The number of carbonyl (C=O) groups is 2. The number of hydrogen-bond acceptors (Lipinski definition) is 2. The summed E-state index contributed by atoms with van der Waals surface area (Å²) < 4.78 is 0. The van der Waals surface area contributed by atoms with E-state index in [2.05, 4.69) is 11.4 Å². The van der Waals surface area contributed by atoms with Gasteiger partial charge in [0.05, 0.1) is 5.92 Å². The van der Waals surface area contributed by atoms with E-state index < -0.39 is 5.97 Å². The normalized spacial score (nSPS) is 27.5. The molecule has 0 aromatic rings. The molecule has 0 aliphatic heterocycles. The van der Waals surface area contributed by atoms with Crippen molar-refractivity contribution in [3.63, 3.8) is 0 Å². The lowest BCUT2D eigenvalue weighted by Crippen LogP contribution is -2.40. The van der Waals surface area contributed by atoms with Gasteiger partial charge in [-0.25, -0.2) is 0 Å². The quantitative estimate of drug-likeness (QED) is 0.768. The molecule has 0 saturated heterocycles. The molecule has 0 aromatic carbocycles. The van der Waals surface area contributed by atoms with Gasteiger partial charge in [0.25, 0.3) is 0 Å². The van der Waals surface area contributed by atoms with Gasteiger partial charge in [-0.05, 0) is 44.9 Å². The first-order chi connectivity index (χ1) is 9.15. The molecule has 2 aliphatic carbocycles. The molecule has 2 rings (SSSR count). The molecule has 0 spiro atoms. The van der Waals surface area contributed by atoms with E-state index in [0.29, 0.717) is 12.8 Å². The Bertz CT molecular complexity index is 376. The number of hydrogen-bond donors (Lipinski definition) is 2.